The molecule has 5 nitrogen and oxygen atoms in total. The molecule has 0 aromatic heterocycles. The molecule has 0 saturated carbocycles. The quantitative estimate of drug-likeness (QED) is 0.810. The Balaban J connectivity index is 1.93. The first kappa shape index (κ1) is 13.8. The van der Waals surface area contributed by atoms with Gasteiger partial charge in [0.05, 0.1) is 18.8 Å². The molecule has 2 rings (SSSR count). The SMILES string of the molecule is CCOC(=O)c1ccc(NC2CCOC(N)C2)cc1. The van der Waals surface area contributed by atoms with E-state index in [1.807, 2.05) is 12.1 Å². The van der Waals surface area contributed by atoms with Gasteiger partial charge in [0.25, 0.3) is 0 Å². The molecule has 1 aromatic carbocycles. The van der Waals surface area contributed by atoms with Crippen LogP contribution < -0.4 is 11.1 Å². The highest BCUT2D eigenvalue weighted by molar-refractivity contribution is 5.89. The van der Waals surface area contributed by atoms with E-state index in [2.05, 4.69) is 5.32 Å². The summed E-state index contributed by atoms with van der Waals surface area (Å²) in [5.41, 5.74) is 7.30. The number of nitrogens with two attached hydrogens (primary N) is 1. The van der Waals surface area contributed by atoms with Crippen molar-refractivity contribution in [3.8, 4) is 0 Å². The van der Waals surface area contributed by atoms with Gasteiger partial charge in [-0.3, -0.25) is 0 Å². The van der Waals surface area contributed by atoms with Crippen molar-refractivity contribution < 1.29 is 14.3 Å². The van der Waals surface area contributed by atoms with Crippen LogP contribution in [0, 0.1) is 0 Å². The Labute approximate surface area is 113 Å². The van der Waals surface area contributed by atoms with Crippen LogP contribution in [0.2, 0.25) is 0 Å². The van der Waals surface area contributed by atoms with Gasteiger partial charge in [-0.1, -0.05) is 0 Å². The number of hydrogen-bond donors (Lipinski definition) is 2. The van der Waals surface area contributed by atoms with Crippen LogP contribution in [0.15, 0.2) is 24.3 Å². The van der Waals surface area contributed by atoms with E-state index in [4.69, 9.17) is 15.2 Å². The molecule has 1 fully saturated rings. The first-order valence-electron chi connectivity index (χ1n) is 6.60. The number of rotatable bonds is 4. The van der Waals surface area contributed by atoms with E-state index >= 15 is 0 Å². The third kappa shape index (κ3) is 3.94. The van der Waals surface area contributed by atoms with Crippen LogP contribution in [0.5, 0.6) is 0 Å². The van der Waals surface area contributed by atoms with Crippen LogP contribution in [-0.2, 0) is 9.47 Å². The van der Waals surface area contributed by atoms with E-state index in [9.17, 15) is 4.79 Å². The number of carbonyl (C=O) groups is 1. The molecular formula is C14H20N2O3. The van der Waals surface area contributed by atoms with Crippen LogP contribution in [0.4, 0.5) is 5.69 Å². The van der Waals surface area contributed by atoms with Gasteiger partial charge in [0, 0.05) is 18.2 Å². The van der Waals surface area contributed by atoms with Crippen molar-refractivity contribution in [3.63, 3.8) is 0 Å². The van der Waals surface area contributed by atoms with E-state index in [1.165, 1.54) is 0 Å². The molecule has 0 spiro atoms. The number of ether oxygens (including phenoxy) is 2. The lowest BCUT2D eigenvalue weighted by molar-refractivity contribution is 0.0155. The monoisotopic (exact) mass is 264 g/mol. The van der Waals surface area contributed by atoms with Crippen molar-refractivity contribution in [2.45, 2.75) is 32.0 Å². The molecule has 2 atom stereocenters. The van der Waals surface area contributed by atoms with Gasteiger partial charge in [0.15, 0.2) is 0 Å². The predicted molar refractivity (Wildman–Crippen MR) is 73.0 cm³/mol. The van der Waals surface area contributed by atoms with Crippen molar-refractivity contribution in [2.75, 3.05) is 18.5 Å². The Kier molecular flexibility index (Phi) is 4.76. The summed E-state index contributed by atoms with van der Waals surface area (Å²) >= 11 is 0. The Bertz CT molecular complexity index is 419. The van der Waals surface area contributed by atoms with E-state index < -0.39 is 0 Å². The molecule has 104 valence electrons. The van der Waals surface area contributed by atoms with Crippen LogP contribution in [-0.4, -0.2) is 31.5 Å². The number of hydrogen-bond acceptors (Lipinski definition) is 5. The van der Waals surface area contributed by atoms with E-state index in [0.717, 1.165) is 18.5 Å². The highest BCUT2D eigenvalue weighted by Crippen LogP contribution is 2.17. The molecule has 1 heterocycles. The lowest BCUT2D eigenvalue weighted by Crippen LogP contribution is -2.38. The largest absolute Gasteiger partial charge is 0.462 e. The van der Waals surface area contributed by atoms with Gasteiger partial charge < -0.3 is 20.5 Å². The second-order valence-electron chi connectivity index (χ2n) is 4.57. The Hall–Kier alpha value is -1.59. The number of benzene rings is 1. The van der Waals surface area contributed by atoms with Gasteiger partial charge in [0.1, 0.15) is 6.23 Å². The number of carbonyl (C=O) groups excluding carboxylic acids is 1. The molecule has 5 heteroatoms. The zero-order chi connectivity index (χ0) is 13.7. The molecule has 0 aliphatic carbocycles. The maximum atomic E-state index is 11.5. The van der Waals surface area contributed by atoms with Crippen molar-refractivity contribution in [3.05, 3.63) is 29.8 Å². The summed E-state index contributed by atoms with van der Waals surface area (Å²) in [4.78, 5) is 11.5. The molecule has 0 amide bonds. The van der Waals surface area contributed by atoms with Gasteiger partial charge in [-0.2, -0.15) is 0 Å². The molecule has 1 aliphatic rings. The average molecular weight is 264 g/mol. The Morgan fingerprint density at radius 2 is 2.21 bits per heavy atom. The summed E-state index contributed by atoms with van der Waals surface area (Å²) in [6.45, 7) is 2.86. The summed E-state index contributed by atoms with van der Waals surface area (Å²) in [5, 5.41) is 3.40. The molecule has 1 saturated heterocycles. The summed E-state index contributed by atoms with van der Waals surface area (Å²) in [6.07, 6.45) is 1.54. The molecule has 3 N–H and O–H groups in total. The molecular weight excluding hydrogens is 244 g/mol. The minimum atomic E-state index is -0.290. The molecule has 2 unspecified atom stereocenters. The van der Waals surface area contributed by atoms with Crippen LogP contribution in [0.25, 0.3) is 0 Å². The number of esters is 1. The van der Waals surface area contributed by atoms with Gasteiger partial charge in [-0.05, 0) is 37.6 Å². The average Bonchev–Trinajstić information content (AvgIpc) is 2.40. The number of anilines is 1. The zero-order valence-electron chi connectivity index (χ0n) is 11.1. The maximum absolute atomic E-state index is 11.5. The molecule has 1 aliphatic heterocycles. The molecule has 19 heavy (non-hydrogen) atoms. The topological polar surface area (TPSA) is 73.6 Å². The maximum Gasteiger partial charge on any atom is 0.338 e. The lowest BCUT2D eigenvalue weighted by Gasteiger charge is -2.28. The first-order valence-corrected chi connectivity index (χ1v) is 6.60. The van der Waals surface area contributed by atoms with Crippen molar-refractivity contribution in [2.24, 2.45) is 5.73 Å². The van der Waals surface area contributed by atoms with Crippen LogP contribution in [0.1, 0.15) is 30.1 Å². The molecule has 0 radical (unpaired) electrons. The van der Waals surface area contributed by atoms with Gasteiger partial charge >= 0.3 is 5.97 Å². The highest BCUT2D eigenvalue weighted by atomic mass is 16.5. The number of nitrogens with one attached hydrogen (secondary N) is 1. The highest BCUT2D eigenvalue weighted by Gasteiger charge is 2.19. The first-order chi connectivity index (χ1) is 9.19. The molecule has 1 aromatic rings. The zero-order valence-corrected chi connectivity index (χ0v) is 11.1. The van der Waals surface area contributed by atoms with Crippen LogP contribution >= 0.6 is 0 Å². The van der Waals surface area contributed by atoms with Gasteiger partial charge in [0.2, 0.25) is 0 Å². The van der Waals surface area contributed by atoms with Gasteiger partial charge in [-0.25, -0.2) is 4.79 Å². The summed E-state index contributed by atoms with van der Waals surface area (Å²) < 4.78 is 10.2. The van der Waals surface area contributed by atoms with E-state index in [-0.39, 0.29) is 12.2 Å². The predicted octanol–water partition coefficient (Wildman–Crippen LogP) is 1.74. The van der Waals surface area contributed by atoms with Crippen LogP contribution in [0.3, 0.4) is 0 Å². The fourth-order valence-corrected chi connectivity index (χ4v) is 2.11. The minimum Gasteiger partial charge on any atom is -0.462 e. The third-order valence-corrected chi connectivity index (χ3v) is 3.08. The Morgan fingerprint density at radius 1 is 1.47 bits per heavy atom. The lowest BCUT2D eigenvalue weighted by atomic mass is 10.1. The summed E-state index contributed by atoms with van der Waals surface area (Å²) in [5.74, 6) is -0.290. The van der Waals surface area contributed by atoms with Crippen molar-refractivity contribution in [1.29, 1.82) is 0 Å². The van der Waals surface area contributed by atoms with E-state index in [1.54, 1.807) is 19.1 Å². The standard InChI is InChI=1S/C14H20N2O3/c1-2-18-14(17)10-3-5-11(6-4-10)16-12-7-8-19-13(15)9-12/h3-6,12-13,16H,2,7-9,15H2,1H3. The Morgan fingerprint density at radius 3 is 2.84 bits per heavy atom. The minimum absolute atomic E-state index is 0.190. The van der Waals surface area contributed by atoms with E-state index in [0.29, 0.717) is 24.8 Å². The third-order valence-electron chi connectivity index (χ3n) is 3.08. The van der Waals surface area contributed by atoms with Crippen molar-refractivity contribution >= 4 is 11.7 Å². The summed E-state index contributed by atoms with van der Waals surface area (Å²) in [6, 6.07) is 7.61. The summed E-state index contributed by atoms with van der Waals surface area (Å²) in [7, 11) is 0. The fourth-order valence-electron chi connectivity index (χ4n) is 2.11. The van der Waals surface area contributed by atoms with Crippen molar-refractivity contribution in [1.82, 2.24) is 0 Å². The normalized spacial score (nSPS) is 22.8. The fraction of sp³-hybridized carbons (Fsp3) is 0.500. The van der Waals surface area contributed by atoms with Gasteiger partial charge in [-0.15, -0.1) is 0 Å². The second-order valence-corrected chi connectivity index (χ2v) is 4.57. The smallest absolute Gasteiger partial charge is 0.338 e. The molecule has 0 bridgehead atoms. The second kappa shape index (κ2) is 6.54.